The normalized spacial score (nSPS) is 11.4. The molecule has 7 nitrogen and oxygen atoms in total. The van der Waals surface area contributed by atoms with E-state index in [0.29, 0.717) is 21.4 Å². The third kappa shape index (κ3) is 4.75. The molecule has 10 heteroatoms. The molecule has 0 fully saturated rings. The van der Waals surface area contributed by atoms with Gasteiger partial charge in [0.25, 0.3) is 5.56 Å². The fraction of sp³-hybridized carbons (Fsp3) is 0.211. The second-order valence-corrected chi connectivity index (χ2v) is 9.48. The Kier molecular flexibility index (Phi) is 6.21. The summed E-state index contributed by atoms with van der Waals surface area (Å²) in [5.74, 6) is -0.864. The van der Waals surface area contributed by atoms with Gasteiger partial charge in [-0.3, -0.25) is 4.79 Å². The lowest BCUT2D eigenvalue weighted by Gasteiger charge is -2.06. The van der Waals surface area contributed by atoms with Gasteiger partial charge < -0.3 is 9.72 Å². The van der Waals surface area contributed by atoms with Crippen LogP contribution in [0.4, 0.5) is 0 Å². The lowest BCUT2D eigenvalue weighted by molar-refractivity contribution is 0.0525. The number of aryl methyl sites for hydroxylation is 1. The van der Waals surface area contributed by atoms with Gasteiger partial charge in [0.05, 0.1) is 28.3 Å². The molecule has 3 aromatic rings. The quantitative estimate of drug-likeness (QED) is 0.572. The van der Waals surface area contributed by atoms with Crippen molar-refractivity contribution < 1.29 is 17.9 Å². The number of thiazole rings is 1. The second-order valence-electron chi connectivity index (χ2n) is 6.11. The Morgan fingerprint density at radius 2 is 1.97 bits per heavy atom. The molecular formula is C19H17ClN2O5S2. The Morgan fingerprint density at radius 1 is 1.28 bits per heavy atom. The molecule has 0 radical (unpaired) electrons. The lowest BCUT2D eigenvalue weighted by atomic mass is 10.1. The highest BCUT2D eigenvalue weighted by molar-refractivity contribution is 7.90. The number of pyridine rings is 1. The fourth-order valence-electron chi connectivity index (χ4n) is 2.62. The van der Waals surface area contributed by atoms with E-state index >= 15 is 0 Å². The minimum Gasteiger partial charge on any atom is -0.462 e. The van der Waals surface area contributed by atoms with Crippen molar-refractivity contribution in [1.82, 2.24) is 9.97 Å². The molecule has 29 heavy (non-hydrogen) atoms. The third-order valence-electron chi connectivity index (χ3n) is 4.05. The van der Waals surface area contributed by atoms with Gasteiger partial charge in [-0.2, -0.15) is 0 Å². The summed E-state index contributed by atoms with van der Waals surface area (Å²) in [5, 5.41) is 2.35. The highest BCUT2D eigenvalue weighted by Crippen LogP contribution is 2.25. The number of aromatic amines is 1. The number of H-pyrrole nitrogens is 1. The number of benzene rings is 1. The minimum absolute atomic E-state index is 0.136. The number of hydrogen-bond donors (Lipinski definition) is 1. The third-order valence-corrected chi connectivity index (χ3v) is 6.98. The summed E-state index contributed by atoms with van der Waals surface area (Å²) in [6.45, 7) is 3.49. The van der Waals surface area contributed by atoms with Gasteiger partial charge in [0.2, 0.25) is 0 Å². The zero-order chi connectivity index (χ0) is 21.2. The van der Waals surface area contributed by atoms with E-state index in [4.69, 9.17) is 16.3 Å². The first-order valence-electron chi connectivity index (χ1n) is 8.55. The molecule has 0 saturated heterocycles. The zero-order valence-corrected chi connectivity index (χ0v) is 18.0. The number of sulfone groups is 1. The van der Waals surface area contributed by atoms with Crippen LogP contribution in [0.2, 0.25) is 5.02 Å². The molecule has 0 saturated carbocycles. The molecule has 0 bridgehead atoms. The van der Waals surface area contributed by atoms with E-state index in [-0.39, 0.29) is 28.4 Å². The molecule has 0 aliphatic heterocycles. The van der Waals surface area contributed by atoms with Crippen LogP contribution in [0.15, 0.2) is 45.4 Å². The Morgan fingerprint density at radius 3 is 2.62 bits per heavy atom. The van der Waals surface area contributed by atoms with Gasteiger partial charge in [0, 0.05) is 16.1 Å². The van der Waals surface area contributed by atoms with Crippen LogP contribution in [0.5, 0.6) is 0 Å². The fourth-order valence-corrected chi connectivity index (χ4v) is 5.17. The summed E-state index contributed by atoms with van der Waals surface area (Å²) in [6.07, 6.45) is 0. The molecule has 1 aromatic carbocycles. The number of aromatic nitrogens is 2. The van der Waals surface area contributed by atoms with Crippen molar-refractivity contribution in [3.8, 4) is 11.3 Å². The van der Waals surface area contributed by atoms with Crippen LogP contribution in [-0.2, 0) is 20.3 Å². The van der Waals surface area contributed by atoms with Gasteiger partial charge in [-0.05, 0) is 44.2 Å². The molecule has 0 aliphatic carbocycles. The molecule has 2 heterocycles. The van der Waals surface area contributed by atoms with E-state index in [1.54, 1.807) is 19.2 Å². The summed E-state index contributed by atoms with van der Waals surface area (Å²) in [4.78, 5) is 31.5. The summed E-state index contributed by atoms with van der Waals surface area (Å²) in [6, 6.07) is 7.29. The summed E-state index contributed by atoms with van der Waals surface area (Å²) in [7, 11) is -3.62. The monoisotopic (exact) mass is 452 g/mol. The van der Waals surface area contributed by atoms with Crippen molar-refractivity contribution in [3.05, 3.63) is 67.4 Å². The number of esters is 1. The van der Waals surface area contributed by atoms with Gasteiger partial charge in [0.1, 0.15) is 10.8 Å². The summed E-state index contributed by atoms with van der Waals surface area (Å²) in [5.41, 5.74) is 0.656. The number of nitrogens with one attached hydrogen (secondary N) is 1. The van der Waals surface area contributed by atoms with Gasteiger partial charge in [-0.1, -0.05) is 11.6 Å². The van der Waals surface area contributed by atoms with E-state index in [1.165, 1.54) is 30.3 Å². The summed E-state index contributed by atoms with van der Waals surface area (Å²) < 4.78 is 30.2. The molecular weight excluding hydrogens is 436 g/mol. The number of nitrogens with zero attached hydrogens (tertiary/aromatic N) is 1. The van der Waals surface area contributed by atoms with Gasteiger partial charge in [-0.15, -0.1) is 11.3 Å². The van der Waals surface area contributed by atoms with E-state index in [9.17, 15) is 18.0 Å². The lowest BCUT2D eigenvalue weighted by Crippen LogP contribution is -2.16. The van der Waals surface area contributed by atoms with E-state index < -0.39 is 21.4 Å². The SMILES string of the molecule is CCOC(=O)c1cc(-c2csc(CS(=O)(=O)c3ccc(Cl)cc3)n2)c(=O)[nH]c1C. The molecule has 0 atom stereocenters. The number of carbonyl (C=O) groups excluding carboxylic acids is 1. The van der Waals surface area contributed by atoms with Crippen molar-refractivity contribution >= 4 is 38.7 Å². The number of rotatable bonds is 6. The van der Waals surface area contributed by atoms with Crippen LogP contribution in [0, 0.1) is 6.92 Å². The van der Waals surface area contributed by atoms with Crippen LogP contribution in [0.3, 0.4) is 0 Å². The van der Waals surface area contributed by atoms with Gasteiger partial charge in [-0.25, -0.2) is 18.2 Å². The molecule has 1 N–H and O–H groups in total. The average molecular weight is 453 g/mol. The van der Waals surface area contributed by atoms with Crippen molar-refractivity contribution in [1.29, 1.82) is 0 Å². The predicted octanol–water partition coefficient (Wildman–Crippen LogP) is 3.61. The molecule has 0 aliphatic rings. The number of hydrogen-bond acceptors (Lipinski definition) is 7. The zero-order valence-electron chi connectivity index (χ0n) is 15.6. The maximum Gasteiger partial charge on any atom is 0.339 e. The highest BCUT2D eigenvalue weighted by Gasteiger charge is 2.20. The van der Waals surface area contributed by atoms with E-state index in [1.807, 2.05) is 0 Å². The maximum absolute atomic E-state index is 12.6. The standard InChI is InChI=1S/C19H17ClN2O5S2/c1-3-27-19(24)14-8-15(18(23)21-11(14)2)16-9-28-17(22-16)10-29(25,26)13-6-4-12(20)5-7-13/h4-9H,3,10H2,1-2H3,(H,21,23). The van der Waals surface area contributed by atoms with Gasteiger partial charge in [0.15, 0.2) is 9.84 Å². The first kappa shape index (κ1) is 21.2. The Hall–Kier alpha value is -2.49. The van der Waals surface area contributed by atoms with Gasteiger partial charge >= 0.3 is 5.97 Å². The van der Waals surface area contributed by atoms with Crippen molar-refractivity contribution in [3.63, 3.8) is 0 Å². The van der Waals surface area contributed by atoms with E-state index in [2.05, 4.69) is 9.97 Å². The number of halogens is 1. The van der Waals surface area contributed by atoms with Crippen LogP contribution in [0.1, 0.15) is 28.0 Å². The van der Waals surface area contributed by atoms with Crippen molar-refractivity contribution in [2.24, 2.45) is 0 Å². The minimum atomic E-state index is -3.62. The average Bonchev–Trinajstić information content (AvgIpc) is 3.09. The Balaban J connectivity index is 1.92. The second kappa shape index (κ2) is 8.48. The smallest absolute Gasteiger partial charge is 0.339 e. The molecule has 3 rings (SSSR count). The van der Waals surface area contributed by atoms with Crippen LogP contribution in [-0.4, -0.2) is 31.0 Å². The first-order valence-corrected chi connectivity index (χ1v) is 11.5. The molecule has 0 amide bonds. The Bertz CT molecular complexity index is 1210. The molecule has 152 valence electrons. The number of ether oxygens (including phenoxy) is 1. The predicted molar refractivity (Wildman–Crippen MR) is 111 cm³/mol. The molecule has 2 aromatic heterocycles. The topological polar surface area (TPSA) is 106 Å². The maximum atomic E-state index is 12.6. The van der Waals surface area contributed by atoms with Crippen LogP contribution >= 0.6 is 22.9 Å². The first-order chi connectivity index (χ1) is 13.7. The molecule has 0 spiro atoms. The Labute approximate surface area is 176 Å². The number of carbonyl (C=O) groups is 1. The largest absolute Gasteiger partial charge is 0.462 e. The van der Waals surface area contributed by atoms with Crippen molar-refractivity contribution in [2.75, 3.05) is 6.61 Å². The van der Waals surface area contributed by atoms with Crippen LogP contribution < -0.4 is 5.56 Å². The molecule has 0 unspecified atom stereocenters. The van der Waals surface area contributed by atoms with Crippen molar-refractivity contribution in [2.45, 2.75) is 24.5 Å². The highest BCUT2D eigenvalue weighted by atomic mass is 35.5. The summed E-state index contributed by atoms with van der Waals surface area (Å²) >= 11 is 6.92. The van der Waals surface area contributed by atoms with Crippen LogP contribution in [0.25, 0.3) is 11.3 Å². The van der Waals surface area contributed by atoms with E-state index in [0.717, 1.165) is 11.3 Å².